The zero-order valence-corrected chi connectivity index (χ0v) is 14.4. The molecule has 1 aliphatic rings. The number of nitrogens with zero attached hydrogens (tertiary/aromatic N) is 2. The maximum absolute atomic E-state index is 13.3. The molecule has 1 fully saturated rings. The van der Waals surface area contributed by atoms with E-state index in [0.29, 0.717) is 23.9 Å². The highest BCUT2D eigenvalue weighted by Crippen LogP contribution is 2.28. The van der Waals surface area contributed by atoms with Crippen LogP contribution in [-0.4, -0.2) is 40.3 Å². The normalized spacial score (nSPS) is 20.3. The summed E-state index contributed by atoms with van der Waals surface area (Å²) in [4.78, 5) is 27.1. The van der Waals surface area contributed by atoms with E-state index in [1.54, 1.807) is 29.2 Å². The maximum Gasteiger partial charge on any atom is 0.275 e. The SMILES string of the molecule is C[C@@H]1CN(C(=O)c2n[nH]c(=O)c3ccccc23)[C@@H](c2ccccc2)CO1. The van der Waals surface area contributed by atoms with E-state index in [0.717, 1.165) is 5.56 Å². The number of benzene rings is 2. The molecular formula is C20H19N3O3. The number of fused-ring (bicyclic) bond motifs is 1. The van der Waals surface area contributed by atoms with Crippen LogP contribution in [0.25, 0.3) is 10.8 Å². The summed E-state index contributed by atoms with van der Waals surface area (Å²) in [5, 5.41) is 7.53. The van der Waals surface area contributed by atoms with Crippen molar-refractivity contribution in [3.05, 3.63) is 76.2 Å². The Bertz CT molecular complexity index is 1000. The Morgan fingerprint density at radius 3 is 2.58 bits per heavy atom. The number of carbonyl (C=O) groups excluding carboxylic acids is 1. The fraction of sp³-hybridized carbons (Fsp3) is 0.250. The minimum Gasteiger partial charge on any atom is -0.374 e. The highest BCUT2D eigenvalue weighted by atomic mass is 16.5. The molecule has 2 atom stereocenters. The van der Waals surface area contributed by atoms with Gasteiger partial charge in [0.25, 0.3) is 11.5 Å². The second-order valence-corrected chi connectivity index (χ2v) is 6.47. The van der Waals surface area contributed by atoms with Crippen LogP contribution in [0.5, 0.6) is 0 Å². The highest BCUT2D eigenvalue weighted by molar-refractivity contribution is 6.04. The number of hydrogen-bond donors (Lipinski definition) is 1. The van der Waals surface area contributed by atoms with Gasteiger partial charge in [-0.15, -0.1) is 0 Å². The summed E-state index contributed by atoms with van der Waals surface area (Å²) in [5.41, 5.74) is 0.976. The Balaban J connectivity index is 1.78. The topological polar surface area (TPSA) is 75.3 Å². The summed E-state index contributed by atoms with van der Waals surface area (Å²) in [7, 11) is 0. The predicted octanol–water partition coefficient (Wildman–Crippen LogP) is 2.53. The fourth-order valence-corrected chi connectivity index (χ4v) is 3.39. The molecule has 0 aliphatic carbocycles. The molecule has 3 aromatic rings. The van der Waals surface area contributed by atoms with Crippen molar-refractivity contribution < 1.29 is 9.53 Å². The number of aromatic nitrogens is 2. The van der Waals surface area contributed by atoms with Crippen LogP contribution in [0.4, 0.5) is 0 Å². The minimum atomic E-state index is -0.299. The van der Waals surface area contributed by atoms with E-state index in [4.69, 9.17) is 4.74 Å². The monoisotopic (exact) mass is 349 g/mol. The number of hydrogen-bond acceptors (Lipinski definition) is 4. The standard InChI is InChI=1S/C20H19N3O3/c1-13-11-23(17(12-26-13)14-7-3-2-4-8-14)20(25)18-15-9-5-6-10-16(15)19(24)22-21-18/h2-10,13,17H,11-12H2,1H3,(H,22,24)/t13-,17-/m1/s1. The second kappa shape index (κ2) is 6.72. The number of aromatic amines is 1. The molecule has 1 amide bonds. The van der Waals surface area contributed by atoms with E-state index in [2.05, 4.69) is 10.2 Å². The molecule has 132 valence electrons. The second-order valence-electron chi connectivity index (χ2n) is 6.47. The molecule has 1 aliphatic heterocycles. The van der Waals surface area contributed by atoms with Gasteiger partial charge in [0.2, 0.25) is 0 Å². The molecule has 0 radical (unpaired) electrons. The van der Waals surface area contributed by atoms with E-state index < -0.39 is 0 Å². The van der Waals surface area contributed by atoms with Gasteiger partial charge in [0.15, 0.2) is 5.69 Å². The molecule has 1 N–H and O–H groups in total. The summed E-state index contributed by atoms with van der Waals surface area (Å²) in [6.07, 6.45) is -0.0621. The molecule has 0 spiro atoms. The van der Waals surface area contributed by atoms with Crippen molar-refractivity contribution in [2.45, 2.75) is 19.1 Å². The zero-order chi connectivity index (χ0) is 18.1. The smallest absolute Gasteiger partial charge is 0.275 e. The molecule has 4 rings (SSSR count). The van der Waals surface area contributed by atoms with Gasteiger partial charge >= 0.3 is 0 Å². The van der Waals surface area contributed by atoms with Gasteiger partial charge in [0.1, 0.15) is 0 Å². The molecule has 26 heavy (non-hydrogen) atoms. The third-order valence-corrected chi connectivity index (χ3v) is 4.71. The largest absolute Gasteiger partial charge is 0.374 e. The number of carbonyl (C=O) groups is 1. The Labute approximate surface area is 150 Å². The van der Waals surface area contributed by atoms with E-state index in [1.165, 1.54) is 0 Å². The lowest BCUT2D eigenvalue weighted by Gasteiger charge is -2.38. The van der Waals surface area contributed by atoms with Crippen LogP contribution in [0.1, 0.15) is 29.0 Å². The molecule has 6 heteroatoms. The number of H-pyrrole nitrogens is 1. The predicted molar refractivity (Wildman–Crippen MR) is 98.0 cm³/mol. The summed E-state index contributed by atoms with van der Waals surface area (Å²) < 4.78 is 5.80. The average Bonchev–Trinajstić information content (AvgIpc) is 2.69. The van der Waals surface area contributed by atoms with Crippen molar-refractivity contribution in [2.24, 2.45) is 0 Å². The number of amides is 1. The van der Waals surface area contributed by atoms with Gasteiger partial charge in [0, 0.05) is 11.9 Å². The molecule has 2 heterocycles. The van der Waals surface area contributed by atoms with Crippen molar-refractivity contribution >= 4 is 16.7 Å². The first-order valence-electron chi connectivity index (χ1n) is 8.60. The van der Waals surface area contributed by atoms with E-state index in [1.807, 2.05) is 37.3 Å². The van der Waals surface area contributed by atoms with Gasteiger partial charge in [-0.1, -0.05) is 48.5 Å². The zero-order valence-electron chi connectivity index (χ0n) is 14.4. The molecule has 1 saturated heterocycles. The Morgan fingerprint density at radius 2 is 1.81 bits per heavy atom. The van der Waals surface area contributed by atoms with Crippen molar-refractivity contribution in [2.75, 3.05) is 13.2 Å². The van der Waals surface area contributed by atoms with Gasteiger partial charge in [-0.05, 0) is 18.6 Å². The van der Waals surface area contributed by atoms with Crippen molar-refractivity contribution in [1.82, 2.24) is 15.1 Å². The van der Waals surface area contributed by atoms with Gasteiger partial charge in [-0.2, -0.15) is 5.10 Å². The van der Waals surface area contributed by atoms with Gasteiger partial charge < -0.3 is 9.64 Å². The third kappa shape index (κ3) is 2.88. The molecule has 0 bridgehead atoms. The lowest BCUT2D eigenvalue weighted by molar-refractivity contribution is -0.0449. The highest BCUT2D eigenvalue weighted by Gasteiger charge is 2.33. The first-order chi connectivity index (χ1) is 12.6. The Kier molecular flexibility index (Phi) is 4.26. The lowest BCUT2D eigenvalue weighted by atomic mass is 10.0. The average molecular weight is 349 g/mol. The lowest BCUT2D eigenvalue weighted by Crippen LogP contribution is -2.47. The molecular weight excluding hydrogens is 330 g/mol. The van der Waals surface area contributed by atoms with E-state index in [-0.39, 0.29) is 29.3 Å². The van der Waals surface area contributed by atoms with Crippen LogP contribution in [0.15, 0.2) is 59.4 Å². The molecule has 0 saturated carbocycles. The van der Waals surface area contributed by atoms with Crippen molar-refractivity contribution in [1.29, 1.82) is 0 Å². The minimum absolute atomic E-state index is 0.0621. The number of ether oxygens (including phenoxy) is 1. The van der Waals surface area contributed by atoms with Crippen LogP contribution in [0, 0.1) is 0 Å². The summed E-state index contributed by atoms with van der Waals surface area (Å²) in [6.45, 7) is 2.84. The van der Waals surface area contributed by atoms with Gasteiger partial charge in [-0.3, -0.25) is 9.59 Å². The van der Waals surface area contributed by atoms with Gasteiger partial charge in [-0.25, -0.2) is 5.10 Å². The van der Waals surface area contributed by atoms with Gasteiger partial charge in [0.05, 0.1) is 24.1 Å². The van der Waals surface area contributed by atoms with Crippen LogP contribution in [0.3, 0.4) is 0 Å². The first-order valence-corrected chi connectivity index (χ1v) is 8.60. The van der Waals surface area contributed by atoms with E-state index in [9.17, 15) is 9.59 Å². The van der Waals surface area contributed by atoms with E-state index >= 15 is 0 Å². The number of morpholine rings is 1. The Morgan fingerprint density at radius 1 is 1.12 bits per heavy atom. The van der Waals surface area contributed by atoms with Crippen molar-refractivity contribution in [3.63, 3.8) is 0 Å². The van der Waals surface area contributed by atoms with Crippen LogP contribution in [-0.2, 0) is 4.74 Å². The molecule has 6 nitrogen and oxygen atoms in total. The first kappa shape index (κ1) is 16.5. The molecule has 2 aromatic carbocycles. The van der Waals surface area contributed by atoms with Crippen LogP contribution in [0.2, 0.25) is 0 Å². The maximum atomic E-state index is 13.3. The number of nitrogens with one attached hydrogen (secondary N) is 1. The summed E-state index contributed by atoms with van der Waals surface area (Å²) >= 11 is 0. The Hall–Kier alpha value is -2.99. The molecule has 0 unspecified atom stereocenters. The fourth-order valence-electron chi connectivity index (χ4n) is 3.39. The van der Waals surface area contributed by atoms with Crippen LogP contribution >= 0.6 is 0 Å². The number of rotatable bonds is 2. The van der Waals surface area contributed by atoms with Crippen LogP contribution < -0.4 is 5.56 Å². The third-order valence-electron chi connectivity index (χ3n) is 4.71. The summed E-state index contributed by atoms with van der Waals surface area (Å²) in [5.74, 6) is -0.207. The summed E-state index contributed by atoms with van der Waals surface area (Å²) in [6, 6.07) is 16.7. The quantitative estimate of drug-likeness (QED) is 0.771. The van der Waals surface area contributed by atoms with Crippen molar-refractivity contribution in [3.8, 4) is 0 Å². The molecule has 1 aromatic heterocycles.